The second-order valence-corrected chi connectivity index (χ2v) is 17.8. The fraction of sp³-hybridized carbons (Fsp3) is 0. The summed E-state index contributed by atoms with van der Waals surface area (Å²) in [4.78, 5) is 0. The summed E-state index contributed by atoms with van der Waals surface area (Å²) < 4.78 is 0. The molecule has 0 N–H and O–H groups in total. The third-order valence-electron chi connectivity index (χ3n) is 14.4. The molecule has 0 heteroatoms. The Hall–Kier alpha value is -8.58. The van der Waals surface area contributed by atoms with E-state index < -0.39 is 0 Å². The summed E-state index contributed by atoms with van der Waals surface area (Å²) in [7, 11) is 0. The van der Waals surface area contributed by atoms with E-state index in [1.165, 1.54) is 143 Å². The Morgan fingerprint density at radius 1 is 0.167 bits per heavy atom. The first-order valence-corrected chi connectivity index (χ1v) is 23.0. The van der Waals surface area contributed by atoms with Crippen LogP contribution in [0.2, 0.25) is 0 Å². The lowest BCUT2D eigenvalue weighted by Crippen LogP contribution is -1.98. The number of rotatable bonds is 6. The van der Waals surface area contributed by atoms with Gasteiger partial charge in [0, 0.05) is 0 Å². The number of fused-ring (bicyclic) bond motifs is 6. The normalized spacial score (nSPS) is 11.9. The van der Waals surface area contributed by atoms with Gasteiger partial charge in [0.1, 0.15) is 0 Å². The van der Waals surface area contributed by atoms with E-state index in [-0.39, 0.29) is 0 Å². The first kappa shape index (κ1) is 36.9. The first-order valence-electron chi connectivity index (χ1n) is 23.0. The third kappa shape index (κ3) is 5.33. The summed E-state index contributed by atoms with van der Waals surface area (Å²) >= 11 is 0. The molecule has 14 rings (SSSR count). The van der Waals surface area contributed by atoms with Gasteiger partial charge in [-0.1, -0.05) is 231 Å². The molecule has 0 nitrogen and oxygen atoms in total. The van der Waals surface area contributed by atoms with Crippen LogP contribution in [-0.2, 0) is 0 Å². The zero-order valence-corrected chi connectivity index (χ0v) is 36.1. The molecule has 0 aliphatic heterocycles. The standard InChI is InChI=1S/C66H40/c1-5-19-41(20-6-1)46-29-13-15-31-48(46)62-58-39-56(43-23-9-3-10-24-43)57(44-25-11-4-12-26-44)40-59(58)63(49-32-16-14-30-47(49)42-21-7-2-8-22-42)66-55-38-36-53-51-34-18-28-45-27-17-33-50(60(45)51)52-35-37-54(65(62)66)64(55)61(52)53/h1-40H. The molecule has 1 aliphatic rings. The van der Waals surface area contributed by atoms with Crippen LogP contribution in [0.1, 0.15) is 0 Å². The molecule has 0 atom stereocenters. The molecule has 66 heavy (non-hydrogen) atoms. The smallest absolute Gasteiger partial charge is 0.000718 e. The minimum absolute atomic E-state index is 1.20. The van der Waals surface area contributed by atoms with Gasteiger partial charge in [-0.05, 0) is 155 Å². The summed E-state index contributed by atoms with van der Waals surface area (Å²) in [5.74, 6) is 0. The van der Waals surface area contributed by atoms with Crippen LogP contribution >= 0.6 is 0 Å². The fourth-order valence-electron chi connectivity index (χ4n) is 11.6. The van der Waals surface area contributed by atoms with Crippen LogP contribution in [0.3, 0.4) is 0 Å². The highest BCUT2D eigenvalue weighted by Gasteiger charge is 2.34. The lowest BCUT2D eigenvalue weighted by atomic mass is 9.78. The highest BCUT2D eigenvalue weighted by Crippen LogP contribution is 2.61. The van der Waals surface area contributed by atoms with E-state index in [1.54, 1.807) is 0 Å². The maximum atomic E-state index is 2.53. The molecule has 0 bridgehead atoms. The van der Waals surface area contributed by atoms with Gasteiger partial charge in [0.15, 0.2) is 0 Å². The van der Waals surface area contributed by atoms with E-state index in [0.29, 0.717) is 0 Å². The molecular formula is C66H40. The van der Waals surface area contributed by atoms with Crippen LogP contribution in [-0.4, -0.2) is 0 Å². The zero-order chi connectivity index (χ0) is 43.3. The summed E-state index contributed by atoms with van der Waals surface area (Å²) in [5.41, 5.74) is 19.8. The van der Waals surface area contributed by atoms with Crippen LogP contribution in [0.25, 0.3) is 143 Å². The predicted octanol–water partition coefficient (Wildman–Crippen LogP) is 18.5. The van der Waals surface area contributed by atoms with Crippen molar-refractivity contribution in [1.82, 2.24) is 0 Å². The van der Waals surface area contributed by atoms with E-state index in [9.17, 15) is 0 Å². The van der Waals surface area contributed by atoms with E-state index in [0.717, 1.165) is 0 Å². The number of benzene rings is 13. The molecule has 0 radical (unpaired) electrons. The number of hydrogen-bond donors (Lipinski definition) is 0. The van der Waals surface area contributed by atoms with Crippen molar-refractivity contribution < 1.29 is 0 Å². The van der Waals surface area contributed by atoms with Gasteiger partial charge in [0.25, 0.3) is 0 Å². The maximum absolute atomic E-state index is 2.53. The largest absolute Gasteiger partial charge is 0.0622 e. The zero-order valence-electron chi connectivity index (χ0n) is 36.1. The Balaban J connectivity index is 1.24. The van der Waals surface area contributed by atoms with Crippen molar-refractivity contribution in [1.29, 1.82) is 0 Å². The Morgan fingerprint density at radius 3 is 0.924 bits per heavy atom. The van der Waals surface area contributed by atoms with Crippen molar-refractivity contribution in [3.63, 3.8) is 0 Å². The molecule has 0 heterocycles. The third-order valence-corrected chi connectivity index (χ3v) is 14.4. The SMILES string of the molecule is c1ccc(-c2cc3c(-c4ccccc4-c4ccccc4)c4c(c(-c5ccccc5-c5ccccc5)c3cc2-c2ccccc2)-c2ccc3c5cccc6cccc(c7ccc-4c2c73)c65)cc1. The van der Waals surface area contributed by atoms with Crippen molar-refractivity contribution in [3.8, 4) is 89.0 Å². The molecular weight excluding hydrogens is 793 g/mol. The van der Waals surface area contributed by atoms with E-state index in [1.807, 2.05) is 0 Å². The maximum Gasteiger partial charge on any atom is -0.000718 e. The lowest BCUT2D eigenvalue weighted by Gasteiger charge is -2.25. The average Bonchev–Trinajstić information content (AvgIpc) is 3.73. The summed E-state index contributed by atoms with van der Waals surface area (Å²) in [6, 6.07) is 90.5. The predicted molar refractivity (Wildman–Crippen MR) is 282 cm³/mol. The molecule has 0 unspecified atom stereocenters. The van der Waals surface area contributed by atoms with Gasteiger partial charge in [-0.3, -0.25) is 0 Å². The highest BCUT2D eigenvalue weighted by atomic mass is 14.4. The van der Waals surface area contributed by atoms with Gasteiger partial charge >= 0.3 is 0 Å². The number of hydrogen-bond acceptors (Lipinski definition) is 0. The van der Waals surface area contributed by atoms with Crippen molar-refractivity contribution in [2.45, 2.75) is 0 Å². The van der Waals surface area contributed by atoms with Crippen molar-refractivity contribution >= 4 is 53.9 Å². The molecule has 1 aliphatic carbocycles. The van der Waals surface area contributed by atoms with Gasteiger partial charge in [0.05, 0.1) is 0 Å². The van der Waals surface area contributed by atoms with Crippen LogP contribution < -0.4 is 0 Å². The molecule has 0 saturated heterocycles. The van der Waals surface area contributed by atoms with Gasteiger partial charge in [0.2, 0.25) is 0 Å². The average molecular weight is 833 g/mol. The summed E-state index contributed by atoms with van der Waals surface area (Å²) in [6.45, 7) is 0. The monoisotopic (exact) mass is 832 g/mol. The molecule has 0 spiro atoms. The van der Waals surface area contributed by atoms with E-state index in [2.05, 4.69) is 243 Å². The molecule has 0 aromatic heterocycles. The lowest BCUT2D eigenvalue weighted by molar-refractivity contribution is 1.57. The van der Waals surface area contributed by atoms with Crippen LogP contribution in [0, 0.1) is 0 Å². The van der Waals surface area contributed by atoms with Crippen molar-refractivity contribution in [2.75, 3.05) is 0 Å². The van der Waals surface area contributed by atoms with Crippen molar-refractivity contribution in [2.24, 2.45) is 0 Å². The van der Waals surface area contributed by atoms with E-state index in [4.69, 9.17) is 0 Å². The molecule has 13 aromatic carbocycles. The summed E-state index contributed by atoms with van der Waals surface area (Å²) in [5, 5.41) is 13.0. The molecule has 0 fully saturated rings. The second kappa shape index (κ2) is 14.5. The van der Waals surface area contributed by atoms with Gasteiger partial charge in [-0.15, -0.1) is 0 Å². The van der Waals surface area contributed by atoms with Crippen molar-refractivity contribution in [3.05, 3.63) is 243 Å². The fourth-order valence-corrected chi connectivity index (χ4v) is 11.6. The van der Waals surface area contributed by atoms with Gasteiger partial charge in [-0.25, -0.2) is 0 Å². The quantitative estimate of drug-likeness (QED) is 0.116. The molecule has 13 aromatic rings. The highest BCUT2D eigenvalue weighted by molar-refractivity contribution is 6.39. The molecule has 0 saturated carbocycles. The van der Waals surface area contributed by atoms with Crippen LogP contribution in [0.4, 0.5) is 0 Å². The first-order chi connectivity index (χ1) is 32.8. The minimum atomic E-state index is 1.20. The van der Waals surface area contributed by atoms with Gasteiger partial charge in [-0.2, -0.15) is 0 Å². The molecule has 0 amide bonds. The Bertz CT molecular complexity index is 3790. The Labute approximate surface area is 383 Å². The second-order valence-electron chi connectivity index (χ2n) is 17.8. The Kier molecular flexibility index (Phi) is 8.08. The topological polar surface area (TPSA) is 0 Å². The van der Waals surface area contributed by atoms with Gasteiger partial charge < -0.3 is 0 Å². The van der Waals surface area contributed by atoms with Crippen LogP contribution in [0.5, 0.6) is 0 Å². The molecule has 304 valence electrons. The summed E-state index contributed by atoms with van der Waals surface area (Å²) in [6.07, 6.45) is 0. The van der Waals surface area contributed by atoms with Crippen LogP contribution in [0.15, 0.2) is 243 Å². The Morgan fingerprint density at radius 2 is 0.515 bits per heavy atom. The van der Waals surface area contributed by atoms with E-state index >= 15 is 0 Å². The minimum Gasteiger partial charge on any atom is -0.0622 e.